The molecule has 0 bridgehead atoms. The summed E-state index contributed by atoms with van der Waals surface area (Å²) >= 11 is 0. The van der Waals surface area contributed by atoms with Gasteiger partial charge in [0.1, 0.15) is 0 Å². The zero-order valence-electron chi connectivity index (χ0n) is 13.2. The zero-order chi connectivity index (χ0) is 16.5. The highest BCUT2D eigenvalue weighted by atomic mass is 16.4. The predicted octanol–water partition coefficient (Wildman–Crippen LogP) is -0.926. The second kappa shape index (κ2) is 16.2. The summed E-state index contributed by atoms with van der Waals surface area (Å²) in [7, 11) is 0. The van der Waals surface area contributed by atoms with Gasteiger partial charge in [0.25, 0.3) is 0 Å². The molecule has 0 amide bonds. The second-order valence-electron chi connectivity index (χ2n) is 4.99. The molecule has 22 heavy (non-hydrogen) atoms. The van der Waals surface area contributed by atoms with Crippen LogP contribution in [0.4, 0.5) is 0 Å². The van der Waals surface area contributed by atoms with E-state index in [0.29, 0.717) is 12.8 Å². The van der Waals surface area contributed by atoms with Gasteiger partial charge in [0.15, 0.2) is 0 Å². The van der Waals surface area contributed by atoms with Crippen molar-refractivity contribution in [3.8, 4) is 0 Å². The third kappa shape index (κ3) is 18.8. The molecule has 0 saturated carbocycles. The van der Waals surface area contributed by atoms with E-state index >= 15 is 0 Å². The molecule has 0 spiro atoms. The molecule has 0 aromatic carbocycles. The van der Waals surface area contributed by atoms with E-state index in [-0.39, 0.29) is 12.8 Å². The fourth-order valence-electron chi connectivity index (χ4n) is 1.76. The minimum atomic E-state index is -0.748. The molecule has 0 aliphatic heterocycles. The number of hydrogen-bond acceptors (Lipinski definition) is 6. The average molecular weight is 318 g/mol. The summed E-state index contributed by atoms with van der Waals surface area (Å²) in [4.78, 5) is 20.6. The van der Waals surface area contributed by atoms with Gasteiger partial charge in [-0.2, -0.15) is 0 Å². The highest BCUT2D eigenvalue weighted by molar-refractivity contribution is 5.66. The Bertz CT molecular complexity index is 262. The van der Waals surface area contributed by atoms with Gasteiger partial charge in [-0.1, -0.05) is 0 Å². The molecule has 0 aliphatic rings. The normalized spacial score (nSPS) is 10.7. The van der Waals surface area contributed by atoms with Gasteiger partial charge in [0, 0.05) is 52.1 Å². The van der Waals surface area contributed by atoms with E-state index in [1.54, 1.807) is 0 Å². The Balaban J connectivity index is 2.99. The molecule has 0 fully saturated rings. The van der Waals surface area contributed by atoms with Crippen molar-refractivity contribution in [3.05, 3.63) is 0 Å². The maximum atomic E-state index is 10.3. The lowest BCUT2D eigenvalue weighted by Crippen LogP contribution is -2.35. The zero-order valence-corrected chi connectivity index (χ0v) is 13.2. The van der Waals surface area contributed by atoms with E-state index < -0.39 is 11.9 Å². The Labute approximate surface area is 132 Å². The van der Waals surface area contributed by atoms with E-state index in [2.05, 4.69) is 21.3 Å². The van der Waals surface area contributed by atoms with Crippen molar-refractivity contribution in [2.75, 3.05) is 52.4 Å². The number of carboxylic acid groups (broad SMARTS) is 2. The van der Waals surface area contributed by atoms with E-state index in [1.165, 1.54) is 0 Å². The van der Waals surface area contributed by atoms with Crippen molar-refractivity contribution >= 4 is 11.9 Å². The Morgan fingerprint density at radius 2 is 0.818 bits per heavy atom. The van der Waals surface area contributed by atoms with E-state index in [0.717, 1.165) is 52.4 Å². The summed E-state index contributed by atoms with van der Waals surface area (Å²) < 4.78 is 0. The third-order valence-corrected chi connectivity index (χ3v) is 2.92. The summed E-state index contributed by atoms with van der Waals surface area (Å²) in [5.41, 5.74) is 0. The summed E-state index contributed by atoms with van der Waals surface area (Å²) in [5, 5.41) is 29.9. The van der Waals surface area contributed by atoms with Crippen LogP contribution in [-0.2, 0) is 9.59 Å². The molecule has 6 N–H and O–H groups in total. The van der Waals surface area contributed by atoms with Crippen LogP contribution in [0.1, 0.15) is 25.7 Å². The SMILES string of the molecule is O=C(O)CCCNCCNCCNCCNCCCC(=O)O. The lowest BCUT2D eigenvalue weighted by atomic mass is 10.3. The molecule has 130 valence electrons. The molecular formula is C14H30N4O4. The summed E-state index contributed by atoms with van der Waals surface area (Å²) in [5.74, 6) is -1.50. The van der Waals surface area contributed by atoms with E-state index in [4.69, 9.17) is 10.2 Å². The molecule has 0 rings (SSSR count). The molecule has 0 aromatic heterocycles. The van der Waals surface area contributed by atoms with Crippen LogP contribution in [0, 0.1) is 0 Å². The largest absolute Gasteiger partial charge is 0.481 e. The number of nitrogens with one attached hydrogen (secondary N) is 4. The first-order valence-electron chi connectivity index (χ1n) is 7.89. The number of hydrogen-bond donors (Lipinski definition) is 6. The van der Waals surface area contributed by atoms with Crippen molar-refractivity contribution in [1.82, 2.24) is 21.3 Å². The van der Waals surface area contributed by atoms with Crippen LogP contribution in [0.2, 0.25) is 0 Å². The average Bonchev–Trinajstić information content (AvgIpc) is 2.46. The van der Waals surface area contributed by atoms with Gasteiger partial charge < -0.3 is 31.5 Å². The molecule has 0 unspecified atom stereocenters. The Morgan fingerprint density at radius 1 is 0.545 bits per heavy atom. The first-order valence-corrected chi connectivity index (χ1v) is 7.89. The minimum Gasteiger partial charge on any atom is -0.481 e. The lowest BCUT2D eigenvalue weighted by molar-refractivity contribution is -0.138. The van der Waals surface area contributed by atoms with Crippen LogP contribution in [0.3, 0.4) is 0 Å². The molecule has 0 heterocycles. The molecule has 0 aromatic rings. The van der Waals surface area contributed by atoms with Crippen molar-refractivity contribution < 1.29 is 19.8 Å². The van der Waals surface area contributed by atoms with E-state index in [9.17, 15) is 9.59 Å². The molecular weight excluding hydrogens is 288 g/mol. The topological polar surface area (TPSA) is 123 Å². The summed E-state index contributed by atoms with van der Waals surface area (Å²) in [6.07, 6.45) is 1.76. The van der Waals surface area contributed by atoms with Crippen LogP contribution in [-0.4, -0.2) is 74.5 Å². The molecule has 0 aliphatic carbocycles. The van der Waals surface area contributed by atoms with Gasteiger partial charge in [-0.25, -0.2) is 0 Å². The van der Waals surface area contributed by atoms with Crippen molar-refractivity contribution in [2.45, 2.75) is 25.7 Å². The standard InChI is InChI=1S/C14H30N4O4/c19-13(20)3-1-5-15-7-9-17-11-12-18-10-8-16-6-2-4-14(21)22/h15-18H,1-12H2,(H,19,20)(H,21,22). The first-order chi connectivity index (χ1) is 10.6. The monoisotopic (exact) mass is 318 g/mol. The highest BCUT2D eigenvalue weighted by Crippen LogP contribution is 1.85. The van der Waals surface area contributed by atoms with Crippen LogP contribution in [0.25, 0.3) is 0 Å². The fraction of sp³-hybridized carbons (Fsp3) is 0.857. The van der Waals surface area contributed by atoms with Crippen LogP contribution in [0.5, 0.6) is 0 Å². The van der Waals surface area contributed by atoms with Crippen LogP contribution < -0.4 is 21.3 Å². The number of aliphatic carboxylic acids is 2. The minimum absolute atomic E-state index is 0.217. The summed E-state index contributed by atoms with van der Waals surface area (Å²) in [6.45, 7) is 6.64. The third-order valence-electron chi connectivity index (χ3n) is 2.92. The molecule has 0 atom stereocenters. The van der Waals surface area contributed by atoms with Gasteiger partial charge in [0.2, 0.25) is 0 Å². The van der Waals surface area contributed by atoms with Crippen molar-refractivity contribution in [2.24, 2.45) is 0 Å². The van der Waals surface area contributed by atoms with Crippen LogP contribution in [0.15, 0.2) is 0 Å². The maximum Gasteiger partial charge on any atom is 0.303 e. The molecule has 8 nitrogen and oxygen atoms in total. The molecule has 8 heteroatoms. The number of carbonyl (C=O) groups is 2. The Kier molecular flexibility index (Phi) is 15.3. The van der Waals surface area contributed by atoms with Gasteiger partial charge in [-0.3, -0.25) is 9.59 Å². The first kappa shape index (κ1) is 20.8. The van der Waals surface area contributed by atoms with Gasteiger partial charge in [0.05, 0.1) is 0 Å². The van der Waals surface area contributed by atoms with Gasteiger partial charge in [-0.15, -0.1) is 0 Å². The number of carboxylic acids is 2. The smallest absolute Gasteiger partial charge is 0.303 e. The Morgan fingerprint density at radius 3 is 1.09 bits per heavy atom. The predicted molar refractivity (Wildman–Crippen MR) is 85.2 cm³/mol. The second-order valence-corrected chi connectivity index (χ2v) is 4.99. The molecule has 0 radical (unpaired) electrons. The van der Waals surface area contributed by atoms with Gasteiger partial charge in [-0.05, 0) is 25.9 Å². The van der Waals surface area contributed by atoms with Gasteiger partial charge >= 0.3 is 11.9 Å². The lowest BCUT2D eigenvalue weighted by Gasteiger charge is -2.08. The van der Waals surface area contributed by atoms with E-state index in [1.807, 2.05) is 0 Å². The summed E-state index contributed by atoms with van der Waals surface area (Å²) in [6, 6.07) is 0. The molecule has 0 saturated heterocycles. The van der Waals surface area contributed by atoms with Crippen LogP contribution >= 0.6 is 0 Å². The quantitative estimate of drug-likeness (QED) is 0.190. The maximum absolute atomic E-state index is 10.3. The highest BCUT2D eigenvalue weighted by Gasteiger charge is 1.96. The van der Waals surface area contributed by atoms with Crippen molar-refractivity contribution in [1.29, 1.82) is 0 Å². The Hall–Kier alpha value is -1.22. The fourth-order valence-corrected chi connectivity index (χ4v) is 1.76. The number of rotatable bonds is 17. The van der Waals surface area contributed by atoms with Crippen molar-refractivity contribution in [3.63, 3.8) is 0 Å².